The zero-order chi connectivity index (χ0) is 13.5. The van der Waals surface area contributed by atoms with Crippen molar-refractivity contribution < 1.29 is 9.18 Å². The number of hydrogen-bond donors (Lipinski definition) is 2. The van der Waals surface area contributed by atoms with Crippen LogP contribution in [-0.4, -0.2) is 33.1 Å². The molecule has 0 fully saturated rings. The number of benzene rings is 1. The van der Waals surface area contributed by atoms with Gasteiger partial charge >= 0.3 is 0 Å². The monoisotopic (exact) mass is 253 g/mol. The van der Waals surface area contributed by atoms with E-state index in [1.807, 2.05) is 20.0 Å². The lowest BCUT2D eigenvalue weighted by Gasteiger charge is -2.19. The fourth-order valence-corrected chi connectivity index (χ4v) is 1.72. The Morgan fingerprint density at radius 3 is 2.72 bits per heavy atom. The molecule has 1 rings (SSSR count). The summed E-state index contributed by atoms with van der Waals surface area (Å²) >= 11 is 0. The molecular formula is C13H20FN3O. The number of rotatable bonds is 6. The van der Waals surface area contributed by atoms with E-state index in [0.29, 0.717) is 18.8 Å². The average Bonchev–Trinajstić information content (AvgIpc) is 2.28. The molecule has 0 spiro atoms. The van der Waals surface area contributed by atoms with Crippen molar-refractivity contribution in [3.8, 4) is 0 Å². The van der Waals surface area contributed by atoms with Crippen LogP contribution in [0.3, 0.4) is 0 Å². The van der Waals surface area contributed by atoms with Crippen LogP contribution in [0, 0.1) is 5.82 Å². The summed E-state index contributed by atoms with van der Waals surface area (Å²) in [5.41, 5.74) is 1.56. The van der Waals surface area contributed by atoms with Gasteiger partial charge in [0.15, 0.2) is 0 Å². The molecule has 0 radical (unpaired) electrons. The Morgan fingerprint density at radius 1 is 1.39 bits per heavy atom. The highest BCUT2D eigenvalue weighted by Gasteiger charge is 2.08. The lowest BCUT2D eigenvalue weighted by Crippen LogP contribution is -2.35. The van der Waals surface area contributed by atoms with Gasteiger partial charge in [-0.15, -0.1) is 0 Å². The minimum Gasteiger partial charge on any atom is -0.365 e. The maximum Gasteiger partial charge on any atom is 0.239 e. The zero-order valence-corrected chi connectivity index (χ0v) is 11.1. The van der Waals surface area contributed by atoms with Crippen molar-refractivity contribution in [3.63, 3.8) is 0 Å². The maximum absolute atomic E-state index is 13.4. The highest BCUT2D eigenvalue weighted by atomic mass is 19.1. The van der Waals surface area contributed by atoms with E-state index in [2.05, 4.69) is 10.6 Å². The summed E-state index contributed by atoms with van der Waals surface area (Å²) in [6.45, 7) is 3.28. The minimum absolute atomic E-state index is 0.0700. The van der Waals surface area contributed by atoms with Crippen LogP contribution in [0.25, 0.3) is 0 Å². The first-order valence-electron chi connectivity index (χ1n) is 5.98. The summed E-state index contributed by atoms with van der Waals surface area (Å²) in [6, 6.07) is 4.79. The quantitative estimate of drug-likeness (QED) is 0.798. The molecule has 0 aliphatic heterocycles. The van der Waals surface area contributed by atoms with Crippen LogP contribution in [-0.2, 0) is 11.3 Å². The third kappa shape index (κ3) is 4.33. The number of nitrogens with one attached hydrogen (secondary N) is 2. The number of amides is 1. The summed E-state index contributed by atoms with van der Waals surface area (Å²) in [5.74, 6) is -0.361. The second-order valence-corrected chi connectivity index (χ2v) is 4.16. The molecule has 1 aromatic carbocycles. The van der Waals surface area contributed by atoms with Gasteiger partial charge in [0.2, 0.25) is 5.91 Å². The molecule has 0 unspecified atom stereocenters. The van der Waals surface area contributed by atoms with E-state index < -0.39 is 0 Å². The molecule has 4 nitrogen and oxygen atoms in total. The van der Waals surface area contributed by atoms with Crippen molar-refractivity contribution in [2.75, 3.05) is 32.1 Å². The van der Waals surface area contributed by atoms with E-state index in [0.717, 1.165) is 5.56 Å². The van der Waals surface area contributed by atoms with Gasteiger partial charge in [-0.3, -0.25) is 4.79 Å². The first-order chi connectivity index (χ1) is 8.56. The molecule has 0 saturated carbocycles. The van der Waals surface area contributed by atoms with Crippen molar-refractivity contribution in [2.45, 2.75) is 13.5 Å². The van der Waals surface area contributed by atoms with Crippen LogP contribution in [0.2, 0.25) is 0 Å². The number of halogens is 1. The number of likely N-dealkylation sites (N-methyl/N-ethyl adjacent to an activating group) is 2. The third-order valence-corrected chi connectivity index (χ3v) is 2.52. The molecule has 0 aliphatic rings. The predicted octanol–water partition coefficient (Wildman–Crippen LogP) is 1.12. The van der Waals surface area contributed by atoms with Crippen molar-refractivity contribution in [2.24, 2.45) is 0 Å². The van der Waals surface area contributed by atoms with Gasteiger partial charge in [0.05, 0.1) is 6.54 Å². The molecule has 0 aromatic heterocycles. The Labute approximate surface area is 107 Å². The predicted molar refractivity (Wildman–Crippen MR) is 71.1 cm³/mol. The zero-order valence-electron chi connectivity index (χ0n) is 11.1. The number of nitrogens with zero attached hydrogens (tertiary/aromatic N) is 1. The van der Waals surface area contributed by atoms with Crippen LogP contribution in [0.1, 0.15) is 12.5 Å². The molecule has 0 saturated heterocycles. The van der Waals surface area contributed by atoms with Crippen molar-refractivity contribution in [3.05, 3.63) is 29.6 Å². The molecule has 100 valence electrons. The topological polar surface area (TPSA) is 44.4 Å². The van der Waals surface area contributed by atoms with Gasteiger partial charge in [0.1, 0.15) is 5.82 Å². The van der Waals surface area contributed by atoms with Crippen molar-refractivity contribution >= 4 is 11.6 Å². The lowest BCUT2D eigenvalue weighted by atomic mass is 10.2. The molecule has 1 aromatic rings. The Morgan fingerprint density at radius 2 is 2.11 bits per heavy atom. The van der Waals surface area contributed by atoms with Gasteiger partial charge in [-0.2, -0.15) is 0 Å². The molecular weight excluding hydrogens is 233 g/mol. The Balaban J connectivity index is 2.78. The highest BCUT2D eigenvalue weighted by molar-refractivity contribution is 5.81. The van der Waals surface area contributed by atoms with Crippen LogP contribution >= 0.6 is 0 Å². The Bertz CT molecular complexity index is 409. The van der Waals surface area contributed by atoms with Gasteiger partial charge in [-0.1, -0.05) is 0 Å². The molecule has 0 bridgehead atoms. The van der Waals surface area contributed by atoms with E-state index in [1.165, 1.54) is 12.1 Å². The molecule has 2 N–H and O–H groups in total. The second kappa shape index (κ2) is 6.96. The Hall–Kier alpha value is -1.62. The molecule has 18 heavy (non-hydrogen) atoms. The standard InChI is InChI=1S/C13H20FN3O/c1-4-16-13(18)9-17(3)12-6-10(8-15-2)5-11(14)7-12/h5-7,15H,4,8-9H2,1-3H3,(H,16,18). The Kier molecular flexibility index (Phi) is 5.58. The number of carbonyl (C=O) groups is 1. The smallest absolute Gasteiger partial charge is 0.239 e. The SMILES string of the molecule is CCNC(=O)CN(C)c1cc(F)cc(CNC)c1. The largest absolute Gasteiger partial charge is 0.365 e. The van der Waals surface area contributed by atoms with Gasteiger partial charge in [-0.25, -0.2) is 4.39 Å². The summed E-state index contributed by atoms with van der Waals surface area (Å²) in [6.07, 6.45) is 0. The van der Waals surface area contributed by atoms with Gasteiger partial charge in [-0.05, 0) is 37.7 Å². The normalized spacial score (nSPS) is 10.2. The molecule has 1 amide bonds. The molecule has 5 heteroatoms. The fraction of sp³-hybridized carbons (Fsp3) is 0.462. The van der Waals surface area contributed by atoms with E-state index >= 15 is 0 Å². The van der Waals surface area contributed by atoms with Crippen LogP contribution in [0.4, 0.5) is 10.1 Å². The van der Waals surface area contributed by atoms with Gasteiger partial charge in [0.25, 0.3) is 0 Å². The van der Waals surface area contributed by atoms with E-state index in [1.54, 1.807) is 11.9 Å². The highest BCUT2D eigenvalue weighted by Crippen LogP contribution is 2.17. The van der Waals surface area contributed by atoms with E-state index in [9.17, 15) is 9.18 Å². The lowest BCUT2D eigenvalue weighted by molar-refractivity contribution is -0.119. The minimum atomic E-state index is -0.291. The number of anilines is 1. The number of hydrogen-bond acceptors (Lipinski definition) is 3. The van der Waals surface area contributed by atoms with E-state index in [4.69, 9.17) is 0 Å². The summed E-state index contributed by atoms with van der Waals surface area (Å²) in [7, 11) is 3.58. The maximum atomic E-state index is 13.4. The van der Waals surface area contributed by atoms with Crippen molar-refractivity contribution in [1.82, 2.24) is 10.6 Å². The second-order valence-electron chi connectivity index (χ2n) is 4.16. The van der Waals surface area contributed by atoms with E-state index in [-0.39, 0.29) is 18.3 Å². The summed E-state index contributed by atoms with van der Waals surface area (Å²) < 4.78 is 13.4. The summed E-state index contributed by atoms with van der Waals surface area (Å²) in [4.78, 5) is 13.2. The van der Waals surface area contributed by atoms with Crippen molar-refractivity contribution in [1.29, 1.82) is 0 Å². The molecule has 0 heterocycles. The molecule has 0 aliphatic carbocycles. The fourth-order valence-electron chi connectivity index (χ4n) is 1.72. The summed E-state index contributed by atoms with van der Waals surface area (Å²) in [5, 5.41) is 5.69. The van der Waals surface area contributed by atoms with Crippen LogP contribution < -0.4 is 15.5 Å². The average molecular weight is 253 g/mol. The molecule has 0 atom stereocenters. The third-order valence-electron chi connectivity index (χ3n) is 2.52. The van der Waals surface area contributed by atoms with Crippen LogP contribution in [0.15, 0.2) is 18.2 Å². The first-order valence-corrected chi connectivity index (χ1v) is 5.98. The number of carbonyl (C=O) groups excluding carboxylic acids is 1. The van der Waals surface area contributed by atoms with Gasteiger partial charge in [0, 0.05) is 25.8 Å². The van der Waals surface area contributed by atoms with Gasteiger partial charge < -0.3 is 15.5 Å². The van der Waals surface area contributed by atoms with Crippen LogP contribution in [0.5, 0.6) is 0 Å². The first kappa shape index (κ1) is 14.4.